The molecule has 7 nitrogen and oxygen atoms in total. The van der Waals surface area contributed by atoms with Crippen LogP contribution in [0.15, 0.2) is 52.2 Å². The Bertz CT molecular complexity index is 1040. The fourth-order valence-electron chi connectivity index (χ4n) is 4.55. The summed E-state index contributed by atoms with van der Waals surface area (Å²) in [6.45, 7) is 4.70. The molecular weight excluding hydrogens is 436 g/mol. The molecule has 0 spiro atoms. The van der Waals surface area contributed by atoms with Crippen molar-refractivity contribution in [2.24, 2.45) is 0 Å². The van der Waals surface area contributed by atoms with Crippen LogP contribution in [0.3, 0.4) is 0 Å². The van der Waals surface area contributed by atoms with Gasteiger partial charge in [0.2, 0.25) is 5.91 Å². The van der Waals surface area contributed by atoms with Crippen LogP contribution < -0.4 is 4.74 Å². The number of furan rings is 1. The molecule has 2 heterocycles. The third-order valence-electron chi connectivity index (χ3n) is 6.08. The van der Waals surface area contributed by atoms with Crippen LogP contribution in [0.4, 0.5) is 0 Å². The van der Waals surface area contributed by atoms with Gasteiger partial charge in [0.05, 0.1) is 25.7 Å². The molecule has 0 bridgehead atoms. The van der Waals surface area contributed by atoms with E-state index >= 15 is 0 Å². The summed E-state index contributed by atoms with van der Waals surface area (Å²) in [5.41, 5.74) is 0.901. The monoisotopic (exact) mass is 468 g/mol. The molecular formula is C25H32N4O3S. The highest BCUT2D eigenvalue weighted by atomic mass is 32.2. The molecule has 3 aromatic rings. The topological polar surface area (TPSA) is 73.4 Å². The molecule has 1 aromatic carbocycles. The van der Waals surface area contributed by atoms with E-state index < -0.39 is 0 Å². The summed E-state index contributed by atoms with van der Waals surface area (Å²) in [6.07, 6.45) is 7.54. The summed E-state index contributed by atoms with van der Waals surface area (Å²) in [7, 11) is 1.65. The van der Waals surface area contributed by atoms with Crippen LogP contribution in [-0.2, 0) is 11.3 Å². The average molecular weight is 469 g/mol. The highest BCUT2D eigenvalue weighted by Gasteiger charge is 2.28. The maximum Gasteiger partial charge on any atom is 0.233 e. The maximum absolute atomic E-state index is 13.3. The number of hydrogen-bond donors (Lipinski definition) is 0. The van der Waals surface area contributed by atoms with Gasteiger partial charge in [-0.05, 0) is 51.0 Å². The maximum atomic E-state index is 13.3. The first-order chi connectivity index (χ1) is 16.1. The van der Waals surface area contributed by atoms with Gasteiger partial charge in [-0.3, -0.25) is 9.36 Å². The molecule has 176 valence electrons. The van der Waals surface area contributed by atoms with Crippen molar-refractivity contribution in [2.75, 3.05) is 12.9 Å². The number of hydrogen-bond acceptors (Lipinski definition) is 6. The zero-order valence-electron chi connectivity index (χ0n) is 19.6. The summed E-state index contributed by atoms with van der Waals surface area (Å²) in [4.78, 5) is 15.3. The quantitative estimate of drug-likeness (QED) is 0.399. The molecule has 1 amide bonds. The van der Waals surface area contributed by atoms with E-state index in [4.69, 9.17) is 9.15 Å². The highest BCUT2D eigenvalue weighted by Crippen LogP contribution is 2.29. The Morgan fingerprint density at radius 3 is 2.73 bits per heavy atom. The minimum absolute atomic E-state index is 0.164. The van der Waals surface area contributed by atoms with Crippen LogP contribution in [0.5, 0.6) is 5.75 Å². The first-order valence-electron chi connectivity index (χ1n) is 11.6. The molecule has 0 saturated heterocycles. The number of carbonyl (C=O) groups is 1. The Kier molecular flexibility index (Phi) is 7.75. The molecule has 8 heteroatoms. The second-order valence-corrected chi connectivity index (χ2v) is 9.62. The lowest BCUT2D eigenvalue weighted by molar-refractivity contribution is -0.133. The van der Waals surface area contributed by atoms with Crippen LogP contribution in [0.1, 0.15) is 51.7 Å². The lowest BCUT2D eigenvalue weighted by Gasteiger charge is -2.37. The smallest absolute Gasteiger partial charge is 0.233 e. The van der Waals surface area contributed by atoms with E-state index in [2.05, 4.69) is 28.9 Å². The van der Waals surface area contributed by atoms with E-state index in [9.17, 15) is 4.79 Å². The Morgan fingerprint density at radius 1 is 1.21 bits per heavy atom. The van der Waals surface area contributed by atoms with Gasteiger partial charge in [-0.25, -0.2) is 0 Å². The van der Waals surface area contributed by atoms with Crippen LogP contribution in [-0.4, -0.2) is 50.5 Å². The van der Waals surface area contributed by atoms with Gasteiger partial charge in [0.25, 0.3) is 0 Å². The van der Waals surface area contributed by atoms with Gasteiger partial charge in [0.15, 0.2) is 11.0 Å². The molecule has 2 aromatic heterocycles. The summed E-state index contributed by atoms with van der Waals surface area (Å²) >= 11 is 1.44. The normalized spacial score (nSPS) is 14.5. The molecule has 1 aliphatic carbocycles. The van der Waals surface area contributed by atoms with E-state index in [1.54, 1.807) is 13.4 Å². The van der Waals surface area contributed by atoms with E-state index in [-0.39, 0.29) is 11.9 Å². The third-order valence-corrected chi connectivity index (χ3v) is 7.03. The van der Waals surface area contributed by atoms with Gasteiger partial charge in [-0.2, -0.15) is 0 Å². The molecule has 1 saturated carbocycles. The van der Waals surface area contributed by atoms with E-state index in [1.807, 2.05) is 41.0 Å². The molecule has 0 aliphatic heterocycles. The number of methoxy groups -OCH3 is 1. The summed E-state index contributed by atoms with van der Waals surface area (Å²) in [6, 6.07) is 12.1. The minimum atomic E-state index is 0.164. The number of ether oxygens (including phenoxy) is 1. The number of carbonyl (C=O) groups excluding carboxylic acids is 1. The second-order valence-electron chi connectivity index (χ2n) is 8.68. The Labute approximate surface area is 199 Å². The SMILES string of the molecule is COc1cccc(-c2nnc(SCC(=O)N(C(C)C)C3CCCCC3)n2Cc2ccco2)c1. The zero-order chi connectivity index (χ0) is 23.2. The Balaban J connectivity index is 1.56. The van der Waals surface area contributed by atoms with Crippen molar-refractivity contribution in [3.05, 3.63) is 48.4 Å². The number of amides is 1. The van der Waals surface area contributed by atoms with Crippen LogP contribution in [0.2, 0.25) is 0 Å². The number of aromatic nitrogens is 3. The summed E-state index contributed by atoms with van der Waals surface area (Å²) in [5.74, 6) is 2.77. The first-order valence-corrected chi connectivity index (χ1v) is 12.6. The van der Waals surface area contributed by atoms with E-state index in [1.165, 1.54) is 31.0 Å². The number of benzene rings is 1. The lowest BCUT2D eigenvalue weighted by Crippen LogP contribution is -2.46. The summed E-state index contributed by atoms with van der Waals surface area (Å²) in [5, 5.41) is 9.60. The van der Waals surface area contributed by atoms with Crippen LogP contribution in [0.25, 0.3) is 11.4 Å². The van der Waals surface area contributed by atoms with E-state index in [0.29, 0.717) is 29.3 Å². The predicted octanol–water partition coefficient (Wildman–Crippen LogP) is 5.26. The van der Waals surface area contributed by atoms with Gasteiger partial charge < -0.3 is 14.1 Å². The highest BCUT2D eigenvalue weighted by molar-refractivity contribution is 7.99. The van der Waals surface area contributed by atoms with Crippen molar-refractivity contribution in [3.8, 4) is 17.1 Å². The number of rotatable bonds is 9. The summed E-state index contributed by atoms with van der Waals surface area (Å²) < 4.78 is 13.0. The molecule has 1 fully saturated rings. The Morgan fingerprint density at radius 2 is 2.03 bits per heavy atom. The Hall–Kier alpha value is -2.74. The predicted molar refractivity (Wildman–Crippen MR) is 129 cm³/mol. The zero-order valence-corrected chi connectivity index (χ0v) is 20.4. The van der Waals surface area contributed by atoms with Crippen LogP contribution in [0, 0.1) is 0 Å². The third kappa shape index (κ3) is 5.61. The molecule has 0 unspecified atom stereocenters. The minimum Gasteiger partial charge on any atom is -0.497 e. The van der Waals surface area contributed by atoms with Gasteiger partial charge in [0.1, 0.15) is 11.5 Å². The van der Waals surface area contributed by atoms with Crippen molar-refractivity contribution in [1.29, 1.82) is 0 Å². The second kappa shape index (κ2) is 10.9. The number of nitrogens with zero attached hydrogens (tertiary/aromatic N) is 4. The molecule has 4 rings (SSSR count). The molecule has 33 heavy (non-hydrogen) atoms. The molecule has 0 atom stereocenters. The van der Waals surface area contributed by atoms with Crippen molar-refractivity contribution in [3.63, 3.8) is 0 Å². The van der Waals surface area contributed by atoms with Gasteiger partial charge >= 0.3 is 0 Å². The fraction of sp³-hybridized carbons (Fsp3) is 0.480. The van der Waals surface area contributed by atoms with Gasteiger partial charge in [-0.15, -0.1) is 10.2 Å². The fourth-order valence-corrected chi connectivity index (χ4v) is 5.35. The van der Waals surface area contributed by atoms with Crippen molar-refractivity contribution < 1.29 is 13.9 Å². The van der Waals surface area contributed by atoms with Gasteiger partial charge in [0, 0.05) is 17.6 Å². The van der Waals surface area contributed by atoms with Crippen molar-refractivity contribution in [1.82, 2.24) is 19.7 Å². The molecule has 1 aliphatic rings. The van der Waals surface area contributed by atoms with Crippen molar-refractivity contribution in [2.45, 2.75) is 69.7 Å². The largest absolute Gasteiger partial charge is 0.497 e. The van der Waals surface area contributed by atoms with Crippen molar-refractivity contribution >= 4 is 17.7 Å². The lowest BCUT2D eigenvalue weighted by atomic mass is 9.93. The van der Waals surface area contributed by atoms with Crippen LogP contribution >= 0.6 is 11.8 Å². The first kappa shape index (κ1) is 23.4. The standard InChI is InChI=1S/C25H32N4O3S/c1-18(2)29(20-10-5-4-6-11-20)23(30)17-33-25-27-26-24(19-9-7-12-21(15-19)31-3)28(25)16-22-13-8-14-32-22/h7-9,12-15,18,20H,4-6,10-11,16-17H2,1-3H3. The van der Waals surface area contributed by atoms with Gasteiger partial charge in [-0.1, -0.05) is 43.2 Å². The average Bonchev–Trinajstić information content (AvgIpc) is 3.49. The number of thioether (sulfide) groups is 1. The molecule has 0 N–H and O–H groups in total. The van der Waals surface area contributed by atoms with E-state index in [0.717, 1.165) is 29.9 Å². The molecule has 0 radical (unpaired) electrons.